The second kappa shape index (κ2) is 9.40. The molecule has 35 heavy (non-hydrogen) atoms. The van der Waals surface area contributed by atoms with Crippen LogP contribution in [-0.2, 0) is 17.3 Å². The second-order valence-corrected chi connectivity index (χ2v) is 8.84. The van der Waals surface area contributed by atoms with Gasteiger partial charge in [0.05, 0.1) is 23.1 Å². The number of benzene rings is 2. The minimum absolute atomic E-state index is 0.0328. The van der Waals surface area contributed by atoms with Crippen LogP contribution in [0.25, 0.3) is 11.0 Å². The van der Waals surface area contributed by atoms with Crippen molar-refractivity contribution in [2.75, 3.05) is 18.0 Å². The summed E-state index contributed by atoms with van der Waals surface area (Å²) in [6, 6.07) is 10.4. The summed E-state index contributed by atoms with van der Waals surface area (Å²) in [5, 5.41) is 20.0. The molecule has 0 radical (unpaired) electrons. The Bertz CT molecular complexity index is 1290. The van der Waals surface area contributed by atoms with Crippen LogP contribution in [0.1, 0.15) is 47.7 Å². The molecular weight excluding hydrogens is 462 g/mol. The molecule has 3 aromatic rings. The normalized spacial score (nSPS) is 14.9. The molecule has 1 aliphatic rings. The van der Waals surface area contributed by atoms with Gasteiger partial charge in [-0.25, -0.2) is 18.6 Å². The highest BCUT2D eigenvalue weighted by Gasteiger charge is 2.30. The van der Waals surface area contributed by atoms with Gasteiger partial charge in [0.2, 0.25) is 5.95 Å². The highest BCUT2D eigenvalue weighted by Crippen LogP contribution is 2.33. The number of aromatic nitrogens is 2. The van der Waals surface area contributed by atoms with Crippen LogP contribution in [0.2, 0.25) is 0 Å². The van der Waals surface area contributed by atoms with E-state index in [9.17, 15) is 28.5 Å². The minimum Gasteiger partial charge on any atom is -0.481 e. The number of piperidine rings is 1. The summed E-state index contributed by atoms with van der Waals surface area (Å²) in [5.41, 5.74) is 1.03. The Morgan fingerprint density at radius 3 is 2.51 bits per heavy atom. The SMILES string of the molecule is CC(F)(F)c1ccccc1Cn1c(N2CCC(CC(=O)O)CC2)nc2cc(C(=O)[N+](=O)[O-])ccc21. The van der Waals surface area contributed by atoms with Crippen molar-refractivity contribution in [3.05, 3.63) is 69.3 Å². The zero-order valence-electron chi connectivity index (χ0n) is 19.0. The molecule has 0 saturated carbocycles. The summed E-state index contributed by atoms with van der Waals surface area (Å²) in [4.78, 5) is 39.5. The molecule has 2 heterocycles. The Morgan fingerprint density at radius 2 is 1.89 bits per heavy atom. The number of fused-ring (bicyclic) bond motifs is 1. The van der Waals surface area contributed by atoms with Gasteiger partial charge in [-0.3, -0.25) is 14.9 Å². The third-order valence-corrected chi connectivity index (χ3v) is 6.32. The van der Waals surface area contributed by atoms with Crippen molar-refractivity contribution in [3.8, 4) is 0 Å². The topological polar surface area (TPSA) is 119 Å². The number of anilines is 1. The van der Waals surface area contributed by atoms with Crippen LogP contribution >= 0.6 is 0 Å². The van der Waals surface area contributed by atoms with Gasteiger partial charge in [0.15, 0.2) is 0 Å². The van der Waals surface area contributed by atoms with Gasteiger partial charge in [0.25, 0.3) is 5.92 Å². The molecule has 11 heteroatoms. The van der Waals surface area contributed by atoms with E-state index in [0.29, 0.717) is 48.5 Å². The van der Waals surface area contributed by atoms with E-state index in [1.807, 2.05) is 4.90 Å². The fourth-order valence-electron chi connectivity index (χ4n) is 4.59. The molecule has 9 nitrogen and oxygen atoms in total. The van der Waals surface area contributed by atoms with Gasteiger partial charge in [0, 0.05) is 32.0 Å². The zero-order valence-corrected chi connectivity index (χ0v) is 19.0. The monoisotopic (exact) mass is 486 g/mol. The Balaban J connectivity index is 1.76. The lowest BCUT2D eigenvalue weighted by atomic mass is 9.94. The maximum absolute atomic E-state index is 14.3. The summed E-state index contributed by atoms with van der Waals surface area (Å²) < 4.78 is 30.3. The van der Waals surface area contributed by atoms with E-state index in [4.69, 9.17) is 5.11 Å². The second-order valence-electron chi connectivity index (χ2n) is 8.84. The zero-order chi connectivity index (χ0) is 25.3. The van der Waals surface area contributed by atoms with Crippen LogP contribution in [0.5, 0.6) is 0 Å². The van der Waals surface area contributed by atoms with E-state index >= 15 is 0 Å². The molecule has 1 aliphatic heterocycles. The van der Waals surface area contributed by atoms with Gasteiger partial charge in [-0.2, -0.15) is 0 Å². The Labute approximate surface area is 199 Å². The third kappa shape index (κ3) is 5.13. The minimum atomic E-state index is -3.06. The lowest BCUT2D eigenvalue weighted by Gasteiger charge is -2.32. The molecule has 1 fully saturated rings. The number of nitrogens with zero attached hydrogens (tertiary/aromatic N) is 4. The number of amides is 1. The Morgan fingerprint density at radius 1 is 1.20 bits per heavy atom. The molecule has 0 atom stereocenters. The van der Waals surface area contributed by atoms with E-state index in [2.05, 4.69) is 4.98 Å². The van der Waals surface area contributed by atoms with Crippen molar-refractivity contribution in [1.29, 1.82) is 0 Å². The summed E-state index contributed by atoms with van der Waals surface area (Å²) >= 11 is 0. The number of imidazole rings is 1. The first-order valence-electron chi connectivity index (χ1n) is 11.2. The van der Waals surface area contributed by atoms with Crippen molar-refractivity contribution in [3.63, 3.8) is 0 Å². The van der Waals surface area contributed by atoms with E-state index in [1.54, 1.807) is 22.8 Å². The summed E-state index contributed by atoms with van der Waals surface area (Å²) in [6.45, 7) is 1.95. The first kappa shape index (κ1) is 24.2. The van der Waals surface area contributed by atoms with E-state index in [0.717, 1.165) is 6.92 Å². The number of carboxylic acids is 1. The number of carboxylic acid groups (broad SMARTS) is 1. The van der Waals surface area contributed by atoms with Crippen LogP contribution in [0.15, 0.2) is 42.5 Å². The largest absolute Gasteiger partial charge is 0.481 e. The maximum Gasteiger partial charge on any atom is 0.476 e. The smallest absolute Gasteiger partial charge is 0.476 e. The highest BCUT2D eigenvalue weighted by molar-refractivity contribution is 5.93. The number of alkyl halides is 2. The maximum atomic E-state index is 14.3. The van der Waals surface area contributed by atoms with Gasteiger partial charge in [0.1, 0.15) is 4.92 Å². The predicted octanol–water partition coefficient (Wildman–Crippen LogP) is 4.30. The van der Waals surface area contributed by atoms with Gasteiger partial charge < -0.3 is 14.6 Å². The number of rotatable bonds is 7. The summed E-state index contributed by atoms with van der Waals surface area (Å²) in [7, 11) is 0. The van der Waals surface area contributed by atoms with Gasteiger partial charge >= 0.3 is 11.9 Å². The predicted molar refractivity (Wildman–Crippen MR) is 123 cm³/mol. The van der Waals surface area contributed by atoms with Gasteiger partial charge in [-0.1, -0.05) is 24.3 Å². The van der Waals surface area contributed by atoms with Crippen molar-refractivity contribution in [1.82, 2.24) is 9.55 Å². The van der Waals surface area contributed by atoms with Crippen molar-refractivity contribution in [2.45, 2.75) is 38.7 Å². The van der Waals surface area contributed by atoms with Gasteiger partial charge in [-0.15, -0.1) is 0 Å². The molecule has 1 amide bonds. The molecule has 0 aliphatic carbocycles. The van der Waals surface area contributed by atoms with Crippen molar-refractivity contribution < 1.29 is 28.4 Å². The number of nitro groups is 1. The standard InChI is InChI=1S/C24H24F2N4O5/c1-24(25,26)18-5-3-2-4-17(18)14-29-20-7-6-16(22(33)30(34)35)13-19(20)27-23(29)28-10-8-15(9-11-28)12-21(31)32/h2-7,13,15H,8-12,14H2,1H3,(H,31,32). The molecule has 4 rings (SSSR count). The van der Waals surface area contributed by atoms with Crippen molar-refractivity contribution >= 4 is 28.9 Å². The van der Waals surface area contributed by atoms with E-state index < -0.39 is 22.7 Å². The average Bonchev–Trinajstić information content (AvgIpc) is 3.15. The molecular formula is C24H24F2N4O5. The molecule has 0 unspecified atom stereocenters. The quantitative estimate of drug-likeness (QED) is 0.391. The van der Waals surface area contributed by atoms with Crippen molar-refractivity contribution in [2.24, 2.45) is 5.92 Å². The molecule has 1 N–H and O–H groups in total. The Hall–Kier alpha value is -3.89. The molecule has 1 saturated heterocycles. The molecule has 0 bridgehead atoms. The fraction of sp³-hybridized carbons (Fsp3) is 0.375. The van der Waals surface area contributed by atoms with E-state index in [1.165, 1.54) is 24.3 Å². The highest BCUT2D eigenvalue weighted by atomic mass is 19.3. The lowest BCUT2D eigenvalue weighted by molar-refractivity contribution is -0.375. The van der Waals surface area contributed by atoms with Gasteiger partial charge in [-0.05, 0) is 42.5 Å². The van der Waals surface area contributed by atoms with Crippen LogP contribution in [0, 0.1) is 16.0 Å². The van der Waals surface area contributed by atoms with Crippen LogP contribution in [-0.4, -0.2) is 44.5 Å². The Kier molecular flexibility index (Phi) is 6.51. The molecule has 1 aromatic heterocycles. The average molecular weight is 486 g/mol. The number of aliphatic carboxylic acids is 1. The van der Waals surface area contributed by atoms with Crippen LogP contribution in [0.3, 0.4) is 0 Å². The number of carbonyl (C=O) groups excluding carboxylic acids is 1. The van der Waals surface area contributed by atoms with Crippen LogP contribution < -0.4 is 4.90 Å². The van der Waals surface area contributed by atoms with Crippen LogP contribution in [0.4, 0.5) is 14.7 Å². The first-order valence-corrected chi connectivity index (χ1v) is 11.2. The molecule has 2 aromatic carbocycles. The first-order chi connectivity index (χ1) is 16.5. The summed E-state index contributed by atoms with van der Waals surface area (Å²) in [6.07, 6.45) is 1.34. The molecule has 184 valence electrons. The lowest BCUT2D eigenvalue weighted by Crippen LogP contribution is -2.36. The summed E-state index contributed by atoms with van der Waals surface area (Å²) in [5.74, 6) is -4.66. The number of hydrogen-bond acceptors (Lipinski definition) is 6. The number of hydrogen-bond donors (Lipinski definition) is 1. The fourth-order valence-corrected chi connectivity index (χ4v) is 4.59. The van der Waals surface area contributed by atoms with E-state index in [-0.39, 0.29) is 30.0 Å². The molecule has 0 spiro atoms. The third-order valence-electron chi connectivity index (χ3n) is 6.32. The number of carbonyl (C=O) groups is 2. The number of halogens is 2.